The topological polar surface area (TPSA) is 67.4 Å². The van der Waals surface area contributed by atoms with Crippen LogP contribution in [0.4, 0.5) is 5.69 Å². The normalized spacial score (nSPS) is 11.0. The second kappa shape index (κ2) is 7.97. The summed E-state index contributed by atoms with van der Waals surface area (Å²) in [7, 11) is 1.56. The first-order valence-corrected chi connectivity index (χ1v) is 8.35. The highest BCUT2D eigenvalue weighted by atomic mass is 79.9. The number of rotatable bonds is 5. The number of hydrogen-bond donors (Lipinski definition) is 2. The summed E-state index contributed by atoms with van der Waals surface area (Å²) in [6.07, 6.45) is 0.201. The van der Waals surface area contributed by atoms with Gasteiger partial charge < -0.3 is 15.4 Å². The molecule has 22 heavy (non-hydrogen) atoms. The highest BCUT2D eigenvalue weighted by Crippen LogP contribution is 2.34. The van der Waals surface area contributed by atoms with Crippen molar-refractivity contribution >= 4 is 49.4 Å². The van der Waals surface area contributed by atoms with Crippen molar-refractivity contribution in [2.24, 2.45) is 5.41 Å². The smallest absolute Gasteiger partial charge is 0.226 e. The van der Waals surface area contributed by atoms with E-state index in [1.54, 1.807) is 19.2 Å². The summed E-state index contributed by atoms with van der Waals surface area (Å²) in [5, 5.41) is 5.53. The van der Waals surface area contributed by atoms with Gasteiger partial charge in [0.15, 0.2) is 0 Å². The molecule has 0 aliphatic heterocycles. The third-order valence-electron chi connectivity index (χ3n) is 2.83. The molecule has 1 rings (SSSR count). The Balaban J connectivity index is 2.58. The lowest BCUT2D eigenvalue weighted by Gasteiger charge is -2.17. The van der Waals surface area contributed by atoms with Crippen LogP contribution in [-0.4, -0.2) is 25.5 Å². The summed E-state index contributed by atoms with van der Waals surface area (Å²) in [6.45, 7) is 5.78. The number of ether oxygens (including phenoxy) is 1. The summed E-state index contributed by atoms with van der Waals surface area (Å²) < 4.78 is 6.73. The lowest BCUT2D eigenvalue weighted by molar-refractivity contribution is -0.128. The van der Waals surface area contributed by atoms with Crippen LogP contribution in [0.15, 0.2) is 21.1 Å². The molecule has 0 bridgehead atoms. The molecule has 2 amide bonds. The van der Waals surface area contributed by atoms with E-state index in [9.17, 15) is 9.59 Å². The average molecular weight is 436 g/mol. The van der Waals surface area contributed by atoms with E-state index in [1.807, 2.05) is 20.8 Å². The Morgan fingerprint density at radius 3 is 2.36 bits per heavy atom. The molecule has 0 aliphatic rings. The van der Waals surface area contributed by atoms with Crippen LogP contribution in [0.3, 0.4) is 0 Å². The first-order chi connectivity index (χ1) is 10.1. The Hall–Kier alpha value is -1.08. The van der Waals surface area contributed by atoms with E-state index in [1.165, 1.54) is 0 Å². The van der Waals surface area contributed by atoms with E-state index < -0.39 is 5.41 Å². The second-order valence-electron chi connectivity index (χ2n) is 5.77. The zero-order valence-corrected chi connectivity index (χ0v) is 16.2. The monoisotopic (exact) mass is 434 g/mol. The summed E-state index contributed by atoms with van der Waals surface area (Å²) in [6, 6.07) is 3.52. The van der Waals surface area contributed by atoms with E-state index in [2.05, 4.69) is 42.5 Å². The van der Waals surface area contributed by atoms with Gasteiger partial charge in [-0.3, -0.25) is 9.59 Å². The maximum atomic E-state index is 11.9. The fourth-order valence-electron chi connectivity index (χ4n) is 1.55. The molecule has 1 aromatic carbocycles. The van der Waals surface area contributed by atoms with Crippen LogP contribution < -0.4 is 15.4 Å². The lowest BCUT2D eigenvalue weighted by atomic mass is 9.96. The average Bonchev–Trinajstić information content (AvgIpc) is 2.40. The minimum atomic E-state index is -0.460. The standard InChI is InChI=1S/C15H20Br2N2O3/c1-15(2,3)14(21)18-6-5-13(20)19-11-8-12(22-4)10(17)7-9(11)16/h7-8H,5-6H2,1-4H3,(H,18,21)(H,19,20). The van der Waals surface area contributed by atoms with Crippen LogP contribution in [0.1, 0.15) is 27.2 Å². The minimum Gasteiger partial charge on any atom is -0.495 e. The zero-order chi connectivity index (χ0) is 16.9. The minimum absolute atomic E-state index is 0.0770. The fourth-order valence-corrected chi connectivity index (χ4v) is 2.80. The first kappa shape index (κ1) is 19.0. The molecule has 122 valence electrons. The molecule has 0 radical (unpaired) electrons. The van der Waals surface area contributed by atoms with Crippen molar-refractivity contribution < 1.29 is 14.3 Å². The molecule has 0 heterocycles. The molecule has 0 fully saturated rings. The van der Waals surface area contributed by atoms with Gasteiger partial charge in [0.1, 0.15) is 5.75 Å². The van der Waals surface area contributed by atoms with E-state index in [-0.39, 0.29) is 18.2 Å². The van der Waals surface area contributed by atoms with Gasteiger partial charge >= 0.3 is 0 Å². The molecule has 0 saturated heterocycles. The molecule has 0 saturated carbocycles. The lowest BCUT2D eigenvalue weighted by Crippen LogP contribution is -2.36. The van der Waals surface area contributed by atoms with Gasteiger partial charge in [0.05, 0.1) is 17.3 Å². The van der Waals surface area contributed by atoms with E-state index >= 15 is 0 Å². The van der Waals surface area contributed by atoms with Crippen molar-refractivity contribution in [2.45, 2.75) is 27.2 Å². The molecule has 2 N–H and O–H groups in total. The molecule has 0 unspecified atom stereocenters. The Morgan fingerprint density at radius 1 is 1.18 bits per heavy atom. The van der Waals surface area contributed by atoms with Crippen molar-refractivity contribution in [2.75, 3.05) is 19.0 Å². The number of amides is 2. The second-order valence-corrected chi connectivity index (χ2v) is 7.48. The Morgan fingerprint density at radius 2 is 1.82 bits per heavy atom. The summed E-state index contributed by atoms with van der Waals surface area (Å²) in [5.41, 5.74) is 0.158. The quantitative estimate of drug-likeness (QED) is 0.740. The van der Waals surface area contributed by atoms with Crippen molar-refractivity contribution in [3.63, 3.8) is 0 Å². The summed E-state index contributed by atoms with van der Waals surface area (Å²) in [5.74, 6) is 0.366. The van der Waals surface area contributed by atoms with Gasteiger partial charge in [-0.05, 0) is 37.9 Å². The summed E-state index contributed by atoms with van der Waals surface area (Å²) in [4.78, 5) is 23.7. The number of halogens is 2. The summed E-state index contributed by atoms with van der Waals surface area (Å²) >= 11 is 6.76. The molecule has 5 nitrogen and oxygen atoms in total. The SMILES string of the molecule is COc1cc(NC(=O)CCNC(=O)C(C)(C)C)c(Br)cc1Br. The third kappa shape index (κ3) is 5.61. The Kier molecular flexibility index (Phi) is 6.87. The number of methoxy groups -OCH3 is 1. The van der Waals surface area contributed by atoms with Gasteiger partial charge in [-0.1, -0.05) is 20.8 Å². The van der Waals surface area contributed by atoms with Crippen molar-refractivity contribution in [3.05, 3.63) is 21.1 Å². The number of carbonyl (C=O) groups excluding carboxylic acids is 2. The molecular formula is C15H20Br2N2O3. The van der Waals surface area contributed by atoms with Gasteiger partial charge in [-0.25, -0.2) is 0 Å². The Labute approximate surface area is 147 Å². The molecule has 0 aromatic heterocycles. The van der Waals surface area contributed by atoms with E-state index in [0.717, 1.165) is 8.95 Å². The first-order valence-electron chi connectivity index (χ1n) is 6.76. The van der Waals surface area contributed by atoms with Gasteiger partial charge in [0, 0.05) is 28.9 Å². The maximum absolute atomic E-state index is 11.9. The largest absolute Gasteiger partial charge is 0.495 e. The van der Waals surface area contributed by atoms with Crippen LogP contribution in [0.25, 0.3) is 0 Å². The predicted octanol–water partition coefficient (Wildman–Crippen LogP) is 3.71. The van der Waals surface area contributed by atoms with Crippen LogP contribution in [-0.2, 0) is 9.59 Å². The number of carbonyl (C=O) groups is 2. The zero-order valence-electron chi connectivity index (χ0n) is 13.0. The van der Waals surface area contributed by atoms with Crippen molar-refractivity contribution in [3.8, 4) is 5.75 Å². The van der Waals surface area contributed by atoms with Gasteiger partial charge in [-0.2, -0.15) is 0 Å². The van der Waals surface area contributed by atoms with Crippen LogP contribution >= 0.6 is 31.9 Å². The van der Waals surface area contributed by atoms with Gasteiger partial charge in [0.25, 0.3) is 0 Å². The highest BCUT2D eigenvalue weighted by molar-refractivity contribution is 9.11. The van der Waals surface area contributed by atoms with Gasteiger partial charge in [-0.15, -0.1) is 0 Å². The predicted molar refractivity (Wildman–Crippen MR) is 94.1 cm³/mol. The molecule has 1 aromatic rings. The van der Waals surface area contributed by atoms with Gasteiger partial charge in [0.2, 0.25) is 11.8 Å². The number of benzene rings is 1. The number of nitrogens with one attached hydrogen (secondary N) is 2. The maximum Gasteiger partial charge on any atom is 0.226 e. The van der Waals surface area contributed by atoms with E-state index in [4.69, 9.17) is 4.74 Å². The molecule has 7 heteroatoms. The van der Waals surface area contributed by atoms with Crippen molar-refractivity contribution in [1.82, 2.24) is 5.32 Å². The fraction of sp³-hybridized carbons (Fsp3) is 0.467. The van der Waals surface area contributed by atoms with Crippen LogP contribution in [0.5, 0.6) is 5.75 Å². The van der Waals surface area contributed by atoms with Crippen LogP contribution in [0, 0.1) is 5.41 Å². The van der Waals surface area contributed by atoms with E-state index in [0.29, 0.717) is 18.0 Å². The third-order valence-corrected chi connectivity index (χ3v) is 4.11. The number of hydrogen-bond acceptors (Lipinski definition) is 3. The van der Waals surface area contributed by atoms with Crippen molar-refractivity contribution in [1.29, 1.82) is 0 Å². The molecule has 0 spiro atoms. The molecule has 0 aliphatic carbocycles. The molecule has 0 atom stereocenters. The molecular weight excluding hydrogens is 416 g/mol. The Bertz CT molecular complexity index is 569. The number of anilines is 1. The van der Waals surface area contributed by atoms with Crippen LogP contribution in [0.2, 0.25) is 0 Å². The highest BCUT2D eigenvalue weighted by Gasteiger charge is 2.20.